The second-order valence-electron chi connectivity index (χ2n) is 1.95. The van der Waals surface area contributed by atoms with Gasteiger partial charge in [0, 0.05) is 6.92 Å². The number of hydrogen-bond acceptors (Lipinski definition) is 3. The Labute approximate surface area is 58.9 Å². The monoisotopic (exact) mass is 140 g/mol. The van der Waals surface area contributed by atoms with Gasteiger partial charge in [-0.2, -0.15) is 0 Å². The summed E-state index contributed by atoms with van der Waals surface area (Å²) in [6.07, 6.45) is 2.73. The van der Waals surface area contributed by atoms with Crippen LogP contribution in [0, 0.1) is 0 Å². The molecule has 0 radical (unpaired) electrons. The highest BCUT2D eigenvalue weighted by Gasteiger charge is 2.12. The van der Waals surface area contributed by atoms with Crippen molar-refractivity contribution in [3.8, 4) is 0 Å². The molecule has 0 spiro atoms. The van der Waals surface area contributed by atoms with Crippen LogP contribution in [-0.4, -0.2) is 5.78 Å². The molecular weight excluding hydrogens is 132 g/mol. The van der Waals surface area contributed by atoms with Gasteiger partial charge in [-0.3, -0.25) is 4.79 Å². The summed E-state index contributed by atoms with van der Waals surface area (Å²) in [5, 5.41) is 0. The van der Waals surface area contributed by atoms with Crippen molar-refractivity contribution in [3.63, 3.8) is 0 Å². The third kappa shape index (κ3) is 1.18. The van der Waals surface area contributed by atoms with Crippen molar-refractivity contribution in [3.05, 3.63) is 24.0 Å². The van der Waals surface area contributed by atoms with E-state index in [1.54, 1.807) is 6.92 Å². The first-order chi connectivity index (χ1) is 4.72. The largest absolute Gasteiger partial charge is 0.462 e. The molecule has 0 N–H and O–H groups in total. The summed E-state index contributed by atoms with van der Waals surface area (Å²) < 4.78 is 9.78. The molecular formula is C7H8O3. The van der Waals surface area contributed by atoms with Crippen molar-refractivity contribution < 1.29 is 14.3 Å². The molecule has 1 heterocycles. The molecule has 1 aliphatic heterocycles. The van der Waals surface area contributed by atoms with Crippen LogP contribution in [0.3, 0.4) is 0 Å². The van der Waals surface area contributed by atoms with Crippen LogP contribution >= 0.6 is 0 Å². The van der Waals surface area contributed by atoms with E-state index in [4.69, 9.17) is 9.47 Å². The molecule has 0 fully saturated rings. The maximum absolute atomic E-state index is 10.7. The number of carbonyl (C=O) groups is 1. The van der Waals surface area contributed by atoms with Gasteiger partial charge in [0.05, 0.1) is 0 Å². The molecule has 3 heteroatoms. The van der Waals surface area contributed by atoms with E-state index in [-0.39, 0.29) is 11.5 Å². The zero-order valence-electron chi connectivity index (χ0n) is 5.88. The standard InChI is InChI=1S/C7H8O3/c1-5(8)7-6(2)9-3-4-10-7/h3-4H,1-2H3. The number of ketones is 1. The maximum atomic E-state index is 10.7. The predicted octanol–water partition coefficient (Wildman–Crippen LogP) is 1.32. The summed E-state index contributed by atoms with van der Waals surface area (Å²) >= 11 is 0. The molecule has 1 aliphatic rings. The molecule has 1 rings (SSSR count). The fourth-order valence-corrected chi connectivity index (χ4v) is 0.693. The zero-order chi connectivity index (χ0) is 7.56. The van der Waals surface area contributed by atoms with Crippen LogP contribution in [0.2, 0.25) is 0 Å². The van der Waals surface area contributed by atoms with Crippen LogP contribution in [0.4, 0.5) is 0 Å². The first-order valence-electron chi connectivity index (χ1n) is 2.92. The lowest BCUT2D eigenvalue weighted by Crippen LogP contribution is -2.05. The van der Waals surface area contributed by atoms with Crippen LogP contribution in [-0.2, 0) is 14.3 Å². The van der Waals surface area contributed by atoms with Crippen molar-refractivity contribution >= 4 is 5.78 Å². The summed E-state index contributed by atoms with van der Waals surface area (Å²) in [4.78, 5) is 10.7. The van der Waals surface area contributed by atoms with Crippen molar-refractivity contribution in [1.82, 2.24) is 0 Å². The lowest BCUT2D eigenvalue weighted by atomic mass is 10.3. The summed E-state index contributed by atoms with van der Waals surface area (Å²) in [6, 6.07) is 0. The molecule has 3 nitrogen and oxygen atoms in total. The smallest absolute Gasteiger partial charge is 0.207 e. The Morgan fingerprint density at radius 2 is 2.00 bits per heavy atom. The molecule has 0 aromatic heterocycles. The lowest BCUT2D eigenvalue weighted by molar-refractivity contribution is -0.116. The van der Waals surface area contributed by atoms with E-state index in [0.717, 1.165) is 0 Å². The van der Waals surface area contributed by atoms with E-state index in [1.807, 2.05) is 0 Å². The van der Waals surface area contributed by atoms with Gasteiger partial charge in [-0.15, -0.1) is 0 Å². The molecule has 0 saturated carbocycles. The topological polar surface area (TPSA) is 35.5 Å². The molecule has 54 valence electrons. The summed E-state index contributed by atoms with van der Waals surface area (Å²) in [7, 11) is 0. The second kappa shape index (κ2) is 2.56. The zero-order valence-corrected chi connectivity index (χ0v) is 5.88. The van der Waals surface area contributed by atoms with E-state index in [0.29, 0.717) is 5.76 Å². The maximum Gasteiger partial charge on any atom is 0.207 e. The Bertz CT molecular complexity index is 213. The number of hydrogen-bond donors (Lipinski definition) is 0. The highest BCUT2D eigenvalue weighted by atomic mass is 16.5. The van der Waals surface area contributed by atoms with Gasteiger partial charge in [-0.25, -0.2) is 0 Å². The highest BCUT2D eigenvalue weighted by molar-refractivity contribution is 5.91. The van der Waals surface area contributed by atoms with Gasteiger partial charge in [0.2, 0.25) is 5.76 Å². The SMILES string of the molecule is CC(=O)C1=C(C)OC=CO1. The molecule has 0 saturated heterocycles. The number of carbonyl (C=O) groups excluding carboxylic acids is 1. The fourth-order valence-electron chi connectivity index (χ4n) is 0.693. The molecule has 0 atom stereocenters. The molecule has 0 aromatic rings. The van der Waals surface area contributed by atoms with Crippen LogP contribution in [0.15, 0.2) is 24.0 Å². The van der Waals surface area contributed by atoms with Gasteiger partial charge in [-0.1, -0.05) is 0 Å². The van der Waals surface area contributed by atoms with Gasteiger partial charge >= 0.3 is 0 Å². The third-order valence-corrected chi connectivity index (χ3v) is 1.13. The van der Waals surface area contributed by atoms with Gasteiger partial charge in [-0.05, 0) is 6.92 Å². The highest BCUT2D eigenvalue weighted by Crippen LogP contribution is 2.13. The molecule has 10 heavy (non-hydrogen) atoms. The van der Waals surface area contributed by atoms with Crippen LogP contribution in [0.1, 0.15) is 13.8 Å². The number of Topliss-reactive ketones (excluding diaryl/α,β-unsaturated/α-hetero) is 1. The molecule has 0 unspecified atom stereocenters. The van der Waals surface area contributed by atoms with E-state index in [1.165, 1.54) is 19.4 Å². The average molecular weight is 140 g/mol. The Kier molecular flexibility index (Phi) is 1.76. The second-order valence-corrected chi connectivity index (χ2v) is 1.95. The van der Waals surface area contributed by atoms with Crippen LogP contribution in [0.5, 0.6) is 0 Å². The van der Waals surface area contributed by atoms with Gasteiger partial charge in [0.25, 0.3) is 0 Å². The molecule has 0 aliphatic carbocycles. The Balaban J connectivity index is 2.81. The van der Waals surface area contributed by atoms with E-state index >= 15 is 0 Å². The minimum atomic E-state index is -0.123. The van der Waals surface area contributed by atoms with Crippen molar-refractivity contribution in [1.29, 1.82) is 0 Å². The fraction of sp³-hybridized carbons (Fsp3) is 0.286. The van der Waals surface area contributed by atoms with E-state index < -0.39 is 0 Å². The van der Waals surface area contributed by atoms with E-state index in [9.17, 15) is 4.79 Å². The van der Waals surface area contributed by atoms with Crippen LogP contribution < -0.4 is 0 Å². The van der Waals surface area contributed by atoms with Crippen LogP contribution in [0.25, 0.3) is 0 Å². The predicted molar refractivity (Wildman–Crippen MR) is 34.7 cm³/mol. The molecule has 0 bridgehead atoms. The number of allylic oxidation sites excluding steroid dienone is 2. The first kappa shape index (κ1) is 6.86. The summed E-state index contributed by atoms with van der Waals surface area (Å²) in [5.41, 5.74) is 0. The Morgan fingerprint density at radius 3 is 2.40 bits per heavy atom. The normalized spacial score (nSPS) is 16.2. The average Bonchev–Trinajstić information content (AvgIpc) is 1.88. The first-order valence-corrected chi connectivity index (χ1v) is 2.92. The number of rotatable bonds is 1. The summed E-state index contributed by atoms with van der Waals surface area (Å²) in [5.74, 6) is 0.666. The number of ether oxygens (including phenoxy) is 2. The minimum absolute atomic E-state index is 0.123. The summed E-state index contributed by atoms with van der Waals surface area (Å²) in [6.45, 7) is 3.11. The van der Waals surface area contributed by atoms with Crippen molar-refractivity contribution in [2.75, 3.05) is 0 Å². The molecule has 0 amide bonds. The van der Waals surface area contributed by atoms with E-state index in [2.05, 4.69) is 0 Å². The Hall–Kier alpha value is -1.25. The van der Waals surface area contributed by atoms with Crippen molar-refractivity contribution in [2.45, 2.75) is 13.8 Å². The van der Waals surface area contributed by atoms with Gasteiger partial charge in [0.1, 0.15) is 18.3 Å². The van der Waals surface area contributed by atoms with Gasteiger partial charge in [0.15, 0.2) is 5.78 Å². The third-order valence-electron chi connectivity index (χ3n) is 1.13. The lowest BCUT2D eigenvalue weighted by Gasteiger charge is -2.10. The van der Waals surface area contributed by atoms with Crippen molar-refractivity contribution in [2.24, 2.45) is 0 Å². The molecule has 0 aromatic carbocycles. The Morgan fingerprint density at radius 1 is 1.40 bits per heavy atom. The van der Waals surface area contributed by atoms with Gasteiger partial charge < -0.3 is 9.47 Å². The quantitative estimate of drug-likeness (QED) is 0.551. The minimum Gasteiger partial charge on any atom is -0.462 e.